The number of hydrogen-bond acceptors (Lipinski definition) is 4. The molecule has 27 heavy (non-hydrogen) atoms. The van der Waals surface area contributed by atoms with E-state index in [1.54, 1.807) is 0 Å². The Morgan fingerprint density at radius 3 is 2.89 bits per heavy atom. The standard InChI is InChI=1S/C20H33N5O.HI/c1-3-21-20(24-14-18-6-5-11-25(18)4-2)23-13-17-9-10-22-19(12-17)26-15-16-7-8-16;/h9-10,12,16,18H,3-8,11,13-15H2,1-2H3,(H2,21,23,24);1H. The first-order valence-corrected chi connectivity index (χ1v) is 10.1. The molecule has 1 saturated carbocycles. The van der Waals surface area contributed by atoms with Crippen molar-refractivity contribution in [3.63, 3.8) is 0 Å². The molecule has 152 valence electrons. The molecule has 1 aliphatic heterocycles. The average Bonchev–Trinajstić information content (AvgIpc) is 3.39. The third-order valence-electron chi connectivity index (χ3n) is 5.14. The van der Waals surface area contributed by atoms with Gasteiger partial charge in [-0.15, -0.1) is 24.0 Å². The molecule has 0 radical (unpaired) electrons. The fraction of sp³-hybridized carbons (Fsp3) is 0.700. The van der Waals surface area contributed by atoms with E-state index in [0.717, 1.165) is 43.7 Å². The van der Waals surface area contributed by atoms with Crippen LogP contribution in [0.5, 0.6) is 5.88 Å². The zero-order valence-corrected chi connectivity index (χ0v) is 18.9. The number of nitrogens with zero attached hydrogens (tertiary/aromatic N) is 3. The van der Waals surface area contributed by atoms with Crippen molar-refractivity contribution >= 4 is 29.9 Å². The fourth-order valence-corrected chi connectivity index (χ4v) is 3.38. The van der Waals surface area contributed by atoms with Crippen molar-refractivity contribution in [2.75, 3.05) is 32.8 Å². The second-order valence-corrected chi connectivity index (χ2v) is 7.26. The van der Waals surface area contributed by atoms with Crippen LogP contribution in [-0.4, -0.2) is 54.7 Å². The number of hydrogen-bond donors (Lipinski definition) is 2. The Kier molecular flexibility index (Phi) is 9.61. The Labute approximate surface area is 180 Å². The Bertz CT molecular complexity index is 593. The van der Waals surface area contributed by atoms with Crippen molar-refractivity contribution in [1.82, 2.24) is 20.5 Å². The Morgan fingerprint density at radius 2 is 2.15 bits per heavy atom. The summed E-state index contributed by atoms with van der Waals surface area (Å²) in [6, 6.07) is 4.63. The number of likely N-dealkylation sites (N-methyl/N-ethyl adjacent to an activating group) is 1. The number of guanidine groups is 1. The van der Waals surface area contributed by atoms with E-state index in [1.807, 2.05) is 18.3 Å². The van der Waals surface area contributed by atoms with E-state index in [0.29, 0.717) is 18.5 Å². The van der Waals surface area contributed by atoms with Gasteiger partial charge in [0.2, 0.25) is 5.88 Å². The van der Waals surface area contributed by atoms with Gasteiger partial charge in [0.05, 0.1) is 13.2 Å². The lowest BCUT2D eigenvalue weighted by Gasteiger charge is -2.24. The summed E-state index contributed by atoms with van der Waals surface area (Å²) in [6.45, 7) is 9.91. The molecule has 2 heterocycles. The topological polar surface area (TPSA) is 61.8 Å². The lowest BCUT2D eigenvalue weighted by Crippen LogP contribution is -2.44. The molecular weight excluding hydrogens is 453 g/mol. The molecule has 1 atom stereocenters. The monoisotopic (exact) mass is 487 g/mol. The molecule has 1 aliphatic carbocycles. The van der Waals surface area contributed by atoms with Gasteiger partial charge in [-0.3, -0.25) is 4.90 Å². The van der Waals surface area contributed by atoms with Gasteiger partial charge in [-0.25, -0.2) is 9.98 Å². The molecule has 0 bridgehead atoms. The molecule has 2 fully saturated rings. The number of likely N-dealkylation sites (tertiary alicyclic amines) is 1. The van der Waals surface area contributed by atoms with Crippen molar-refractivity contribution in [1.29, 1.82) is 0 Å². The van der Waals surface area contributed by atoms with E-state index in [1.165, 1.54) is 32.2 Å². The van der Waals surface area contributed by atoms with E-state index < -0.39 is 0 Å². The second-order valence-electron chi connectivity index (χ2n) is 7.26. The van der Waals surface area contributed by atoms with Gasteiger partial charge >= 0.3 is 0 Å². The molecule has 2 N–H and O–H groups in total. The van der Waals surface area contributed by atoms with E-state index in [2.05, 4.69) is 34.4 Å². The maximum Gasteiger partial charge on any atom is 0.213 e. The van der Waals surface area contributed by atoms with Crippen LogP contribution in [0.1, 0.15) is 45.1 Å². The van der Waals surface area contributed by atoms with Gasteiger partial charge in [0.1, 0.15) is 0 Å². The zero-order chi connectivity index (χ0) is 18.2. The van der Waals surface area contributed by atoms with Crippen molar-refractivity contribution in [2.45, 2.75) is 52.1 Å². The second kappa shape index (κ2) is 11.7. The summed E-state index contributed by atoms with van der Waals surface area (Å²) >= 11 is 0. The highest BCUT2D eigenvalue weighted by atomic mass is 127. The van der Waals surface area contributed by atoms with Crippen molar-refractivity contribution in [2.24, 2.45) is 10.9 Å². The summed E-state index contributed by atoms with van der Waals surface area (Å²) in [6.07, 6.45) is 6.96. The Balaban J connectivity index is 0.00000261. The molecule has 1 saturated heterocycles. The minimum atomic E-state index is 0. The van der Waals surface area contributed by atoms with Crippen molar-refractivity contribution < 1.29 is 4.74 Å². The Morgan fingerprint density at radius 1 is 1.30 bits per heavy atom. The minimum Gasteiger partial charge on any atom is -0.477 e. The fourth-order valence-electron chi connectivity index (χ4n) is 3.38. The number of ether oxygens (including phenoxy) is 1. The first-order valence-electron chi connectivity index (χ1n) is 10.1. The van der Waals surface area contributed by atoms with Crippen LogP contribution in [-0.2, 0) is 6.54 Å². The van der Waals surface area contributed by atoms with Crippen LogP contribution < -0.4 is 15.4 Å². The predicted octanol–water partition coefficient (Wildman–Crippen LogP) is 3.03. The summed E-state index contributed by atoms with van der Waals surface area (Å²) in [5.74, 6) is 2.33. The summed E-state index contributed by atoms with van der Waals surface area (Å²) < 4.78 is 5.77. The van der Waals surface area contributed by atoms with Gasteiger partial charge < -0.3 is 15.4 Å². The molecule has 2 aliphatic rings. The predicted molar refractivity (Wildman–Crippen MR) is 121 cm³/mol. The molecule has 7 heteroatoms. The number of nitrogens with one attached hydrogen (secondary N) is 2. The van der Waals surface area contributed by atoms with Gasteiger partial charge in [0.25, 0.3) is 0 Å². The van der Waals surface area contributed by atoms with Crippen LogP contribution in [0.25, 0.3) is 0 Å². The number of rotatable bonds is 9. The van der Waals surface area contributed by atoms with Crippen LogP contribution in [0.15, 0.2) is 23.3 Å². The number of aromatic nitrogens is 1. The quantitative estimate of drug-likeness (QED) is 0.319. The third-order valence-corrected chi connectivity index (χ3v) is 5.14. The maximum atomic E-state index is 5.77. The molecular formula is C20H34IN5O. The van der Waals surface area contributed by atoms with Gasteiger partial charge in [-0.05, 0) is 63.2 Å². The highest BCUT2D eigenvalue weighted by Gasteiger charge is 2.23. The smallest absolute Gasteiger partial charge is 0.213 e. The van der Waals surface area contributed by atoms with E-state index in [-0.39, 0.29) is 24.0 Å². The molecule has 1 unspecified atom stereocenters. The highest BCUT2D eigenvalue weighted by molar-refractivity contribution is 14.0. The van der Waals surface area contributed by atoms with Gasteiger partial charge in [0, 0.05) is 31.4 Å². The highest BCUT2D eigenvalue weighted by Crippen LogP contribution is 2.29. The first kappa shape index (κ1) is 22.2. The molecule has 3 rings (SSSR count). The van der Waals surface area contributed by atoms with E-state index >= 15 is 0 Å². The molecule has 1 aromatic rings. The lowest BCUT2D eigenvalue weighted by atomic mass is 10.2. The summed E-state index contributed by atoms with van der Waals surface area (Å²) in [7, 11) is 0. The van der Waals surface area contributed by atoms with Gasteiger partial charge in [-0.1, -0.05) is 6.92 Å². The Hall–Kier alpha value is -1.09. The maximum absolute atomic E-state index is 5.77. The lowest BCUT2D eigenvalue weighted by molar-refractivity contribution is 0.267. The van der Waals surface area contributed by atoms with Crippen molar-refractivity contribution in [3.8, 4) is 5.88 Å². The molecule has 6 nitrogen and oxygen atoms in total. The number of halogens is 1. The van der Waals surface area contributed by atoms with Gasteiger partial charge in [0.15, 0.2) is 5.96 Å². The zero-order valence-electron chi connectivity index (χ0n) is 16.6. The molecule has 0 spiro atoms. The SMILES string of the molecule is CCNC(=NCc1ccnc(OCC2CC2)c1)NCC1CCCN1CC.I. The summed E-state index contributed by atoms with van der Waals surface area (Å²) in [5, 5.41) is 6.86. The summed E-state index contributed by atoms with van der Waals surface area (Å²) in [4.78, 5) is 11.6. The minimum absolute atomic E-state index is 0. The summed E-state index contributed by atoms with van der Waals surface area (Å²) in [5.41, 5.74) is 1.12. The van der Waals surface area contributed by atoms with Crippen LogP contribution >= 0.6 is 24.0 Å². The molecule has 0 amide bonds. The van der Waals surface area contributed by atoms with Crippen LogP contribution in [0.2, 0.25) is 0 Å². The normalized spacial score (nSPS) is 20.2. The van der Waals surface area contributed by atoms with Crippen LogP contribution in [0.3, 0.4) is 0 Å². The van der Waals surface area contributed by atoms with Gasteiger partial charge in [-0.2, -0.15) is 0 Å². The van der Waals surface area contributed by atoms with Crippen LogP contribution in [0, 0.1) is 5.92 Å². The number of pyridine rings is 1. The van der Waals surface area contributed by atoms with Crippen molar-refractivity contribution in [3.05, 3.63) is 23.9 Å². The molecule has 0 aromatic carbocycles. The number of aliphatic imine (C=N–C) groups is 1. The van der Waals surface area contributed by atoms with E-state index in [4.69, 9.17) is 9.73 Å². The average molecular weight is 487 g/mol. The van der Waals surface area contributed by atoms with Crippen LogP contribution in [0.4, 0.5) is 0 Å². The molecule has 1 aromatic heterocycles. The van der Waals surface area contributed by atoms with E-state index in [9.17, 15) is 0 Å². The first-order chi connectivity index (χ1) is 12.8. The third kappa shape index (κ3) is 7.44. The largest absolute Gasteiger partial charge is 0.477 e.